The molecule has 0 unspecified atom stereocenters. The maximum atomic E-state index is 13.0. The van der Waals surface area contributed by atoms with Crippen LogP contribution in [-0.4, -0.2) is 35.9 Å². The number of nitrogens with one attached hydrogen (secondary N) is 1. The van der Waals surface area contributed by atoms with Crippen LogP contribution in [0.15, 0.2) is 48.5 Å². The van der Waals surface area contributed by atoms with Gasteiger partial charge in [-0.05, 0) is 61.0 Å². The number of aromatic nitrogens is 6. The Morgan fingerprint density at radius 3 is 2.48 bits per heavy atom. The number of aryl methyl sites for hydroxylation is 3. The normalized spacial score (nSPS) is 10.9. The van der Waals surface area contributed by atoms with Crippen LogP contribution in [0, 0.1) is 20.8 Å². The molecule has 0 aliphatic rings. The SMILES string of the molecule is Cc1ccc(NC(=O)c2c(C)nn(-c3ccccc3)c2Cl)cc1-n1nnnc1C. The molecule has 0 aliphatic heterocycles. The average Bonchev–Trinajstić information content (AvgIpc) is 3.26. The van der Waals surface area contributed by atoms with Crippen LogP contribution in [0.2, 0.25) is 5.15 Å². The summed E-state index contributed by atoms with van der Waals surface area (Å²) in [6.45, 7) is 5.52. The fourth-order valence-electron chi connectivity index (χ4n) is 3.06. The van der Waals surface area contributed by atoms with E-state index >= 15 is 0 Å². The van der Waals surface area contributed by atoms with E-state index in [9.17, 15) is 4.79 Å². The van der Waals surface area contributed by atoms with Crippen molar-refractivity contribution in [3.05, 3.63) is 76.3 Å². The largest absolute Gasteiger partial charge is 0.322 e. The van der Waals surface area contributed by atoms with E-state index in [-0.39, 0.29) is 11.1 Å². The van der Waals surface area contributed by atoms with Crippen LogP contribution in [-0.2, 0) is 0 Å². The van der Waals surface area contributed by atoms with Gasteiger partial charge in [0, 0.05) is 5.69 Å². The molecule has 2 heterocycles. The van der Waals surface area contributed by atoms with Crippen LogP contribution in [0.25, 0.3) is 11.4 Å². The Morgan fingerprint density at radius 2 is 1.79 bits per heavy atom. The quantitative estimate of drug-likeness (QED) is 0.557. The summed E-state index contributed by atoms with van der Waals surface area (Å²) >= 11 is 6.49. The second-order valence-corrected chi connectivity index (χ2v) is 6.95. The topological polar surface area (TPSA) is 90.5 Å². The van der Waals surface area contributed by atoms with Crippen molar-refractivity contribution in [1.29, 1.82) is 0 Å². The summed E-state index contributed by atoms with van der Waals surface area (Å²) in [7, 11) is 0. The first-order valence-electron chi connectivity index (χ1n) is 8.93. The highest BCUT2D eigenvalue weighted by Crippen LogP contribution is 2.25. The van der Waals surface area contributed by atoms with Gasteiger partial charge in [-0.25, -0.2) is 4.68 Å². The molecule has 29 heavy (non-hydrogen) atoms. The second-order valence-electron chi connectivity index (χ2n) is 6.59. The number of nitrogens with zero attached hydrogens (tertiary/aromatic N) is 6. The highest BCUT2D eigenvalue weighted by Gasteiger charge is 2.21. The minimum atomic E-state index is -0.335. The molecule has 0 saturated carbocycles. The van der Waals surface area contributed by atoms with Gasteiger partial charge in [0.1, 0.15) is 10.7 Å². The molecule has 1 N–H and O–H groups in total. The van der Waals surface area contributed by atoms with Crippen molar-refractivity contribution >= 4 is 23.2 Å². The zero-order valence-electron chi connectivity index (χ0n) is 16.1. The van der Waals surface area contributed by atoms with Crippen molar-refractivity contribution in [1.82, 2.24) is 30.0 Å². The minimum absolute atomic E-state index is 0.259. The maximum absolute atomic E-state index is 13.0. The molecule has 1 amide bonds. The lowest BCUT2D eigenvalue weighted by atomic mass is 10.1. The third-order valence-electron chi connectivity index (χ3n) is 4.55. The molecule has 0 atom stereocenters. The van der Waals surface area contributed by atoms with Gasteiger partial charge in [-0.15, -0.1) is 5.10 Å². The Kier molecular flexibility index (Phi) is 4.85. The van der Waals surface area contributed by atoms with E-state index in [2.05, 4.69) is 25.9 Å². The zero-order chi connectivity index (χ0) is 20.5. The van der Waals surface area contributed by atoms with Crippen molar-refractivity contribution in [2.75, 3.05) is 5.32 Å². The lowest BCUT2D eigenvalue weighted by Gasteiger charge is -2.10. The van der Waals surface area contributed by atoms with Crippen LogP contribution >= 0.6 is 11.6 Å². The van der Waals surface area contributed by atoms with Crippen LogP contribution in [0.3, 0.4) is 0 Å². The number of halogens is 1. The third kappa shape index (κ3) is 3.50. The summed E-state index contributed by atoms with van der Waals surface area (Å²) < 4.78 is 3.17. The van der Waals surface area contributed by atoms with E-state index in [1.165, 1.54) is 0 Å². The highest BCUT2D eigenvalue weighted by molar-refractivity contribution is 6.34. The molecule has 0 bridgehead atoms. The molecule has 2 aromatic carbocycles. The van der Waals surface area contributed by atoms with Crippen LogP contribution < -0.4 is 5.32 Å². The first-order valence-corrected chi connectivity index (χ1v) is 9.31. The van der Waals surface area contributed by atoms with Crippen LogP contribution in [0.1, 0.15) is 27.4 Å². The van der Waals surface area contributed by atoms with Gasteiger partial charge in [-0.3, -0.25) is 4.79 Å². The number of hydrogen-bond donors (Lipinski definition) is 1. The predicted octanol–water partition coefficient (Wildman–Crippen LogP) is 3.68. The number of carbonyl (C=O) groups excluding carboxylic acids is 1. The summed E-state index contributed by atoms with van der Waals surface area (Å²) in [5, 5.41) is 19.2. The smallest absolute Gasteiger partial charge is 0.260 e. The molecular formula is C20H18ClN7O. The number of rotatable bonds is 4. The summed E-state index contributed by atoms with van der Waals surface area (Å²) in [5.41, 5.74) is 4.02. The highest BCUT2D eigenvalue weighted by atomic mass is 35.5. The monoisotopic (exact) mass is 407 g/mol. The van der Waals surface area contributed by atoms with Gasteiger partial charge in [0.25, 0.3) is 5.91 Å². The number of tetrazole rings is 1. The van der Waals surface area contributed by atoms with Gasteiger partial charge in [0.05, 0.1) is 17.1 Å². The fraction of sp³-hybridized carbons (Fsp3) is 0.150. The van der Waals surface area contributed by atoms with E-state index < -0.39 is 0 Å². The van der Waals surface area contributed by atoms with E-state index in [0.29, 0.717) is 22.8 Å². The van der Waals surface area contributed by atoms with Gasteiger partial charge in [0.2, 0.25) is 0 Å². The molecule has 146 valence electrons. The number of benzene rings is 2. The molecule has 0 spiro atoms. The average molecular weight is 408 g/mol. The van der Waals surface area contributed by atoms with Crippen molar-refractivity contribution in [2.45, 2.75) is 20.8 Å². The summed E-state index contributed by atoms with van der Waals surface area (Å²) in [4.78, 5) is 13.0. The van der Waals surface area contributed by atoms with Crippen molar-refractivity contribution in [3.8, 4) is 11.4 Å². The van der Waals surface area contributed by atoms with Gasteiger partial charge in [-0.1, -0.05) is 35.9 Å². The number of hydrogen-bond acceptors (Lipinski definition) is 5. The number of carbonyl (C=O) groups is 1. The van der Waals surface area contributed by atoms with Gasteiger partial charge < -0.3 is 5.32 Å². The van der Waals surface area contributed by atoms with E-state index in [1.807, 2.05) is 62.4 Å². The molecule has 4 aromatic rings. The molecular weight excluding hydrogens is 390 g/mol. The molecule has 0 saturated heterocycles. The fourth-order valence-corrected chi connectivity index (χ4v) is 3.42. The minimum Gasteiger partial charge on any atom is -0.322 e. The maximum Gasteiger partial charge on any atom is 0.260 e. The Labute approximate surface area is 172 Å². The van der Waals surface area contributed by atoms with E-state index in [1.54, 1.807) is 16.3 Å². The second kappa shape index (κ2) is 7.48. The van der Waals surface area contributed by atoms with Gasteiger partial charge in [-0.2, -0.15) is 9.78 Å². The Hall–Kier alpha value is -3.52. The molecule has 0 radical (unpaired) electrons. The van der Waals surface area contributed by atoms with Crippen molar-refractivity contribution in [2.24, 2.45) is 0 Å². The van der Waals surface area contributed by atoms with Gasteiger partial charge in [0.15, 0.2) is 5.82 Å². The van der Waals surface area contributed by atoms with Crippen LogP contribution in [0.4, 0.5) is 5.69 Å². The lowest BCUT2D eigenvalue weighted by molar-refractivity contribution is 0.102. The first kappa shape index (κ1) is 18.8. The van der Waals surface area contributed by atoms with E-state index in [0.717, 1.165) is 16.9 Å². The van der Waals surface area contributed by atoms with Crippen molar-refractivity contribution in [3.63, 3.8) is 0 Å². The third-order valence-corrected chi connectivity index (χ3v) is 4.90. The molecule has 8 nitrogen and oxygen atoms in total. The first-order chi connectivity index (χ1) is 14.0. The number of para-hydroxylation sites is 1. The molecule has 9 heteroatoms. The number of amides is 1. The van der Waals surface area contributed by atoms with Crippen LogP contribution in [0.5, 0.6) is 0 Å². The molecule has 2 aromatic heterocycles. The standard InChI is InChI=1S/C20H18ClN7O/c1-12-9-10-15(11-17(12)27-14(3)23-25-26-27)22-20(29)18-13(2)24-28(19(18)21)16-7-5-4-6-8-16/h4-11H,1-3H3,(H,22,29). The summed E-state index contributed by atoms with van der Waals surface area (Å²) in [6.07, 6.45) is 0. The Morgan fingerprint density at radius 1 is 1.03 bits per heavy atom. The zero-order valence-corrected chi connectivity index (χ0v) is 16.8. The van der Waals surface area contributed by atoms with Gasteiger partial charge >= 0.3 is 0 Å². The summed E-state index contributed by atoms with van der Waals surface area (Å²) in [5.74, 6) is 0.317. The molecule has 4 rings (SSSR count). The summed E-state index contributed by atoms with van der Waals surface area (Å²) in [6, 6.07) is 15.0. The predicted molar refractivity (Wildman–Crippen MR) is 110 cm³/mol. The lowest BCUT2D eigenvalue weighted by Crippen LogP contribution is -2.14. The Balaban J connectivity index is 1.66. The molecule has 0 aliphatic carbocycles. The van der Waals surface area contributed by atoms with E-state index in [4.69, 9.17) is 11.6 Å². The number of anilines is 1. The molecule has 0 fully saturated rings. The van der Waals surface area contributed by atoms with Crippen molar-refractivity contribution < 1.29 is 4.79 Å². The Bertz CT molecular complexity index is 1200.